The molecule has 1 aromatic rings. The number of rotatable bonds is 2. The van der Waals surface area contributed by atoms with Crippen molar-refractivity contribution in [3.05, 3.63) is 17.8 Å². The lowest BCUT2D eigenvalue weighted by atomic mass is 9.64. The number of nitrogens with one attached hydrogen (secondary N) is 1. The number of aromatic nitrogens is 1. The first-order chi connectivity index (χ1) is 7.41. The van der Waals surface area contributed by atoms with E-state index in [0.29, 0.717) is 5.69 Å². The lowest BCUT2D eigenvalue weighted by Crippen LogP contribution is -2.57. The summed E-state index contributed by atoms with van der Waals surface area (Å²) in [6, 6.07) is 2.22. The van der Waals surface area contributed by atoms with Crippen molar-refractivity contribution in [2.75, 3.05) is 11.1 Å². The first-order valence-corrected chi connectivity index (χ1v) is 5.58. The van der Waals surface area contributed by atoms with Crippen LogP contribution in [0.2, 0.25) is 0 Å². The van der Waals surface area contributed by atoms with Crippen molar-refractivity contribution in [3.63, 3.8) is 0 Å². The van der Waals surface area contributed by atoms with Gasteiger partial charge in [-0.1, -0.05) is 13.8 Å². The molecule has 0 bridgehead atoms. The fourth-order valence-electron chi connectivity index (χ4n) is 1.97. The topological polar surface area (TPSA) is 71.2 Å². The van der Waals surface area contributed by atoms with Gasteiger partial charge >= 0.3 is 0 Å². The largest absolute Gasteiger partial charge is 0.397 e. The molecule has 0 saturated heterocycles. The zero-order valence-electron chi connectivity index (χ0n) is 9.99. The molecule has 0 amide bonds. The second-order valence-electron chi connectivity index (χ2n) is 5.20. The molecule has 16 heavy (non-hydrogen) atoms. The summed E-state index contributed by atoms with van der Waals surface area (Å²) >= 11 is 0. The van der Waals surface area contributed by atoms with Crippen LogP contribution in [0.25, 0.3) is 0 Å². The Morgan fingerprint density at radius 2 is 2.25 bits per heavy atom. The number of pyridine rings is 1. The third-order valence-corrected chi connectivity index (χ3v) is 3.69. The molecule has 0 aromatic carbocycles. The van der Waals surface area contributed by atoms with Crippen LogP contribution in [0, 0.1) is 12.3 Å². The quantitative estimate of drug-likeness (QED) is 0.708. The van der Waals surface area contributed by atoms with Crippen LogP contribution < -0.4 is 11.1 Å². The SMILES string of the molecule is Cc1cc(NC2CC(O)C2(C)C)ncc1N. The monoisotopic (exact) mass is 221 g/mol. The van der Waals surface area contributed by atoms with Crippen LogP contribution in [0.15, 0.2) is 12.3 Å². The number of aryl methyl sites for hydroxylation is 1. The molecule has 88 valence electrons. The highest BCUT2D eigenvalue weighted by molar-refractivity contribution is 5.51. The molecule has 4 N–H and O–H groups in total. The molecule has 2 atom stereocenters. The Bertz CT molecular complexity index is 403. The number of nitrogens with two attached hydrogens (primary N) is 1. The maximum absolute atomic E-state index is 9.64. The van der Waals surface area contributed by atoms with Gasteiger partial charge < -0.3 is 16.2 Å². The fourth-order valence-corrected chi connectivity index (χ4v) is 1.97. The van der Waals surface area contributed by atoms with Gasteiger partial charge in [0.15, 0.2) is 0 Å². The maximum Gasteiger partial charge on any atom is 0.126 e. The minimum absolute atomic E-state index is 0.0863. The van der Waals surface area contributed by atoms with E-state index in [4.69, 9.17) is 5.73 Å². The zero-order valence-corrected chi connectivity index (χ0v) is 9.99. The molecule has 0 radical (unpaired) electrons. The minimum Gasteiger partial charge on any atom is -0.397 e. The maximum atomic E-state index is 9.64. The van der Waals surface area contributed by atoms with E-state index in [1.165, 1.54) is 0 Å². The summed E-state index contributed by atoms with van der Waals surface area (Å²) in [7, 11) is 0. The molecule has 4 nitrogen and oxygen atoms in total. The summed E-state index contributed by atoms with van der Waals surface area (Å²) in [6.07, 6.45) is 2.22. The third-order valence-electron chi connectivity index (χ3n) is 3.69. The molecular formula is C12H19N3O. The number of anilines is 2. The molecular weight excluding hydrogens is 202 g/mol. The third kappa shape index (κ3) is 1.73. The molecule has 0 aliphatic heterocycles. The Morgan fingerprint density at radius 1 is 1.56 bits per heavy atom. The smallest absolute Gasteiger partial charge is 0.126 e. The van der Waals surface area contributed by atoms with Crippen molar-refractivity contribution in [2.24, 2.45) is 5.41 Å². The number of nitrogen functional groups attached to an aromatic ring is 1. The van der Waals surface area contributed by atoms with E-state index >= 15 is 0 Å². The summed E-state index contributed by atoms with van der Waals surface area (Å²) in [6.45, 7) is 6.08. The molecule has 1 aromatic heterocycles. The lowest BCUT2D eigenvalue weighted by Gasteiger charge is -2.49. The van der Waals surface area contributed by atoms with Crippen molar-refractivity contribution < 1.29 is 5.11 Å². The molecule has 2 rings (SSSR count). The molecule has 2 unspecified atom stereocenters. The average molecular weight is 221 g/mol. The fraction of sp³-hybridized carbons (Fsp3) is 0.583. The van der Waals surface area contributed by atoms with Crippen LogP contribution in [-0.2, 0) is 0 Å². The van der Waals surface area contributed by atoms with Gasteiger partial charge in [-0.2, -0.15) is 0 Å². The van der Waals surface area contributed by atoms with Gasteiger partial charge in [-0.25, -0.2) is 4.98 Å². The lowest BCUT2D eigenvalue weighted by molar-refractivity contribution is -0.0511. The van der Waals surface area contributed by atoms with Gasteiger partial charge in [-0.05, 0) is 25.0 Å². The van der Waals surface area contributed by atoms with E-state index in [2.05, 4.69) is 24.1 Å². The van der Waals surface area contributed by atoms with E-state index in [1.54, 1.807) is 6.20 Å². The normalized spacial score (nSPS) is 27.2. The van der Waals surface area contributed by atoms with Crippen LogP contribution in [0.5, 0.6) is 0 Å². The van der Waals surface area contributed by atoms with Crippen molar-refractivity contribution in [2.45, 2.75) is 39.3 Å². The summed E-state index contributed by atoms with van der Waals surface area (Å²) in [5, 5.41) is 13.0. The summed E-state index contributed by atoms with van der Waals surface area (Å²) < 4.78 is 0. The summed E-state index contributed by atoms with van der Waals surface area (Å²) in [4.78, 5) is 4.23. The van der Waals surface area contributed by atoms with Gasteiger partial charge in [-0.15, -0.1) is 0 Å². The Hall–Kier alpha value is -1.29. The molecule has 1 fully saturated rings. The van der Waals surface area contributed by atoms with E-state index in [-0.39, 0.29) is 17.6 Å². The van der Waals surface area contributed by atoms with E-state index in [1.807, 2.05) is 13.0 Å². The number of aliphatic hydroxyl groups is 1. The van der Waals surface area contributed by atoms with Crippen LogP contribution in [0.1, 0.15) is 25.8 Å². The van der Waals surface area contributed by atoms with Gasteiger partial charge in [0, 0.05) is 11.5 Å². The predicted molar refractivity (Wildman–Crippen MR) is 65.2 cm³/mol. The Morgan fingerprint density at radius 3 is 2.75 bits per heavy atom. The number of hydrogen-bond donors (Lipinski definition) is 3. The standard InChI is InChI=1S/C12H19N3O/c1-7-4-11(14-6-8(7)13)15-9-5-10(16)12(9,2)3/h4,6,9-10,16H,5,13H2,1-3H3,(H,14,15). The number of aliphatic hydroxyl groups excluding tert-OH is 1. The van der Waals surface area contributed by atoms with Crippen LogP contribution >= 0.6 is 0 Å². The predicted octanol–water partition coefficient (Wildman–Crippen LogP) is 1.54. The first kappa shape index (κ1) is 11.2. The highest BCUT2D eigenvalue weighted by atomic mass is 16.3. The van der Waals surface area contributed by atoms with Gasteiger partial charge in [0.25, 0.3) is 0 Å². The molecule has 1 aliphatic rings. The van der Waals surface area contributed by atoms with Gasteiger partial charge in [0.2, 0.25) is 0 Å². The van der Waals surface area contributed by atoms with E-state index in [9.17, 15) is 5.11 Å². The van der Waals surface area contributed by atoms with Crippen molar-refractivity contribution in [3.8, 4) is 0 Å². The van der Waals surface area contributed by atoms with Gasteiger partial charge in [-0.3, -0.25) is 0 Å². The average Bonchev–Trinajstić information content (AvgIpc) is 2.23. The highest BCUT2D eigenvalue weighted by Gasteiger charge is 2.47. The number of nitrogens with zero attached hydrogens (tertiary/aromatic N) is 1. The molecule has 4 heteroatoms. The zero-order chi connectivity index (χ0) is 11.9. The Kier molecular flexibility index (Phi) is 2.54. The second-order valence-corrected chi connectivity index (χ2v) is 5.20. The number of hydrogen-bond acceptors (Lipinski definition) is 4. The van der Waals surface area contributed by atoms with Gasteiger partial charge in [0.1, 0.15) is 5.82 Å². The minimum atomic E-state index is -0.222. The molecule has 1 saturated carbocycles. The summed E-state index contributed by atoms with van der Waals surface area (Å²) in [5.41, 5.74) is 7.35. The van der Waals surface area contributed by atoms with Crippen molar-refractivity contribution in [1.29, 1.82) is 0 Å². The first-order valence-electron chi connectivity index (χ1n) is 5.58. The Balaban J connectivity index is 2.08. The van der Waals surface area contributed by atoms with Crippen molar-refractivity contribution in [1.82, 2.24) is 4.98 Å². The molecule has 0 spiro atoms. The molecule has 1 aliphatic carbocycles. The highest BCUT2D eigenvalue weighted by Crippen LogP contribution is 2.42. The van der Waals surface area contributed by atoms with Gasteiger partial charge in [0.05, 0.1) is 18.0 Å². The van der Waals surface area contributed by atoms with E-state index < -0.39 is 0 Å². The van der Waals surface area contributed by atoms with Crippen LogP contribution in [0.4, 0.5) is 11.5 Å². The van der Waals surface area contributed by atoms with E-state index in [0.717, 1.165) is 17.8 Å². The van der Waals surface area contributed by atoms with Crippen LogP contribution in [0.3, 0.4) is 0 Å². The molecule has 1 heterocycles. The Labute approximate surface area is 95.9 Å². The summed E-state index contributed by atoms with van der Waals surface area (Å²) in [5.74, 6) is 0.830. The second kappa shape index (κ2) is 3.63. The van der Waals surface area contributed by atoms with Crippen molar-refractivity contribution >= 4 is 11.5 Å². The van der Waals surface area contributed by atoms with Crippen LogP contribution in [-0.4, -0.2) is 22.2 Å².